The van der Waals surface area contributed by atoms with Crippen molar-refractivity contribution in [1.29, 1.82) is 0 Å². The molecule has 0 saturated heterocycles. The van der Waals surface area contributed by atoms with Crippen LogP contribution in [0.5, 0.6) is 17.2 Å². The summed E-state index contributed by atoms with van der Waals surface area (Å²) < 4.78 is 16.4. The lowest BCUT2D eigenvalue weighted by atomic mass is 10.1. The predicted molar refractivity (Wildman–Crippen MR) is 188 cm³/mol. The first kappa shape index (κ1) is 34.6. The van der Waals surface area contributed by atoms with E-state index in [4.69, 9.17) is 14.2 Å². The van der Waals surface area contributed by atoms with E-state index in [-0.39, 0.29) is 16.9 Å². The van der Waals surface area contributed by atoms with Crippen LogP contribution in [0.4, 0.5) is 11.4 Å². The summed E-state index contributed by atoms with van der Waals surface area (Å²) in [7, 11) is 4.51. The summed E-state index contributed by atoms with van der Waals surface area (Å²) in [5.74, 6) is 0.149. The fourth-order valence-corrected chi connectivity index (χ4v) is 5.65. The van der Waals surface area contributed by atoms with Gasteiger partial charge >= 0.3 is 0 Å². The number of hydrogen-bond donors (Lipinski definition) is 3. The molecule has 0 aliphatic heterocycles. The molecule has 3 amide bonds. The number of nitrogens with one attached hydrogen (secondary N) is 3. The first-order valence-electron chi connectivity index (χ1n) is 15.0. The summed E-state index contributed by atoms with van der Waals surface area (Å²) >= 11 is 1.41. The van der Waals surface area contributed by atoms with Gasteiger partial charge in [0.1, 0.15) is 11.4 Å². The SMILES string of the molecule is CCC(Sc1cccc(NC(=O)/C(=C\c2cc(OC)c(OC)cc2OC)NC(=O)c2ccccc2)c1)C(=O)Nc1ccc(C)c(C)c1. The van der Waals surface area contributed by atoms with Crippen molar-refractivity contribution in [2.75, 3.05) is 32.0 Å². The highest BCUT2D eigenvalue weighted by Gasteiger charge is 2.20. The highest BCUT2D eigenvalue weighted by Crippen LogP contribution is 2.36. The number of rotatable bonds is 13. The van der Waals surface area contributed by atoms with E-state index in [1.54, 1.807) is 60.7 Å². The minimum Gasteiger partial charge on any atom is -0.496 e. The maximum absolute atomic E-state index is 13.8. The number of carbonyl (C=O) groups excluding carboxylic acids is 3. The molecule has 0 aliphatic rings. The number of thioether (sulfide) groups is 1. The number of carbonyl (C=O) groups is 3. The molecule has 10 heteroatoms. The Bertz CT molecular complexity index is 1770. The molecule has 1 unspecified atom stereocenters. The van der Waals surface area contributed by atoms with Crippen molar-refractivity contribution in [1.82, 2.24) is 5.32 Å². The summed E-state index contributed by atoms with van der Waals surface area (Å²) in [5, 5.41) is 8.29. The highest BCUT2D eigenvalue weighted by molar-refractivity contribution is 8.00. The third-order valence-corrected chi connectivity index (χ3v) is 8.73. The minimum absolute atomic E-state index is 0.0263. The lowest BCUT2D eigenvalue weighted by molar-refractivity contribution is -0.116. The van der Waals surface area contributed by atoms with Crippen LogP contribution in [0.2, 0.25) is 0 Å². The van der Waals surface area contributed by atoms with Gasteiger partial charge in [0.2, 0.25) is 5.91 Å². The summed E-state index contributed by atoms with van der Waals surface area (Å²) in [6.07, 6.45) is 2.11. The van der Waals surface area contributed by atoms with E-state index in [2.05, 4.69) is 16.0 Å². The van der Waals surface area contributed by atoms with E-state index >= 15 is 0 Å². The number of aryl methyl sites for hydroxylation is 2. The molecule has 0 radical (unpaired) electrons. The van der Waals surface area contributed by atoms with Gasteiger partial charge in [0.25, 0.3) is 11.8 Å². The summed E-state index contributed by atoms with van der Waals surface area (Å²) in [6, 6.07) is 24.9. The first-order valence-corrected chi connectivity index (χ1v) is 15.9. The fraction of sp³-hybridized carbons (Fsp3) is 0.216. The minimum atomic E-state index is -0.562. The molecule has 4 aromatic carbocycles. The molecule has 9 nitrogen and oxygen atoms in total. The summed E-state index contributed by atoms with van der Waals surface area (Å²) in [4.78, 5) is 40.9. The van der Waals surface area contributed by atoms with Crippen LogP contribution in [0.15, 0.2) is 95.5 Å². The molecule has 3 N–H and O–H groups in total. The Hall–Kier alpha value is -5.22. The number of anilines is 2. The Balaban J connectivity index is 1.59. The quantitative estimate of drug-likeness (QED) is 0.103. The second-order valence-electron chi connectivity index (χ2n) is 10.6. The Labute approximate surface area is 279 Å². The van der Waals surface area contributed by atoms with Crippen LogP contribution in [0.3, 0.4) is 0 Å². The third kappa shape index (κ3) is 9.17. The summed E-state index contributed by atoms with van der Waals surface area (Å²) in [6.45, 7) is 5.99. The molecule has 4 aromatic rings. The van der Waals surface area contributed by atoms with E-state index < -0.39 is 11.8 Å². The largest absolute Gasteiger partial charge is 0.496 e. The molecule has 0 fully saturated rings. The monoisotopic (exact) mass is 653 g/mol. The molecule has 0 aliphatic carbocycles. The smallest absolute Gasteiger partial charge is 0.272 e. The average Bonchev–Trinajstić information content (AvgIpc) is 3.08. The molecular formula is C37H39N3O6S. The van der Waals surface area contributed by atoms with Gasteiger partial charge in [0.15, 0.2) is 11.5 Å². The van der Waals surface area contributed by atoms with Gasteiger partial charge in [0.05, 0.1) is 26.6 Å². The van der Waals surface area contributed by atoms with Crippen molar-refractivity contribution in [3.05, 3.63) is 113 Å². The Morgan fingerprint density at radius 3 is 2.09 bits per heavy atom. The topological polar surface area (TPSA) is 115 Å². The van der Waals surface area contributed by atoms with Crippen molar-refractivity contribution in [3.63, 3.8) is 0 Å². The zero-order valence-electron chi connectivity index (χ0n) is 27.3. The molecule has 47 heavy (non-hydrogen) atoms. The van der Waals surface area contributed by atoms with Crippen LogP contribution in [0.1, 0.15) is 40.4 Å². The molecule has 244 valence electrons. The number of ether oxygens (including phenoxy) is 3. The normalized spacial score (nSPS) is 11.7. The van der Waals surface area contributed by atoms with E-state index in [1.165, 1.54) is 39.2 Å². The number of hydrogen-bond acceptors (Lipinski definition) is 7. The van der Waals surface area contributed by atoms with Gasteiger partial charge < -0.3 is 30.2 Å². The number of benzene rings is 4. The molecule has 4 rings (SSSR count). The Morgan fingerprint density at radius 2 is 1.43 bits per heavy atom. The predicted octanol–water partition coefficient (Wildman–Crippen LogP) is 7.25. The maximum atomic E-state index is 13.8. The Kier molecular flexibility index (Phi) is 12.1. The maximum Gasteiger partial charge on any atom is 0.272 e. The molecule has 0 saturated carbocycles. The molecule has 0 heterocycles. The van der Waals surface area contributed by atoms with Gasteiger partial charge in [-0.15, -0.1) is 11.8 Å². The fourth-order valence-electron chi connectivity index (χ4n) is 4.64. The van der Waals surface area contributed by atoms with Crippen LogP contribution in [0, 0.1) is 13.8 Å². The van der Waals surface area contributed by atoms with Crippen molar-refractivity contribution in [2.45, 2.75) is 37.3 Å². The van der Waals surface area contributed by atoms with Gasteiger partial charge in [0, 0.05) is 33.5 Å². The molecule has 0 spiro atoms. The van der Waals surface area contributed by atoms with Gasteiger partial charge in [-0.05, 0) is 86.0 Å². The lowest BCUT2D eigenvalue weighted by Crippen LogP contribution is -2.30. The highest BCUT2D eigenvalue weighted by atomic mass is 32.2. The zero-order valence-corrected chi connectivity index (χ0v) is 28.1. The number of methoxy groups -OCH3 is 3. The van der Waals surface area contributed by atoms with E-state index in [1.807, 2.05) is 45.0 Å². The van der Waals surface area contributed by atoms with Gasteiger partial charge in [-0.1, -0.05) is 37.3 Å². The van der Waals surface area contributed by atoms with Crippen LogP contribution in [-0.4, -0.2) is 44.3 Å². The lowest BCUT2D eigenvalue weighted by Gasteiger charge is -2.17. The number of amides is 3. The second-order valence-corrected chi connectivity index (χ2v) is 11.9. The zero-order chi connectivity index (χ0) is 33.9. The first-order chi connectivity index (χ1) is 22.6. The standard InChI is InChI=1S/C37H39N3O6S/c1-7-34(37(43)39-28-17-16-23(2)24(3)18-28)47-29-15-11-14-27(21-29)38-36(42)30(40-35(41)25-12-9-8-10-13-25)19-26-20-32(45-5)33(46-6)22-31(26)44-4/h8-22,34H,7H2,1-6H3,(H,38,42)(H,39,43)(H,40,41)/b30-19+. The molecule has 1 atom stereocenters. The van der Waals surface area contributed by atoms with Crippen LogP contribution < -0.4 is 30.2 Å². The van der Waals surface area contributed by atoms with E-state index in [9.17, 15) is 14.4 Å². The van der Waals surface area contributed by atoms with Crippen LogP contribution >= 0.6 is 11.8 Å². The van der Waals surface area contributed by atoms with Crippen molar-refractivity contribution < 1.29 is 28.6 Å². The van der Waals surface area contributed by atoms with E-state index in [0.29, 0.717) is 40.5 Å². The second kappa shape index (κ2) is 16.4. The molecule has 0 aromatic heterocycles. The third-order valence-electron chi connectivity index (χ3n) is 7.37. The average molecular weight is 654 g/mol. The Morgan fingerprint density at radius 1 is 0.745 bits per heavy atom. The van der Waals surface area contributed by atoms with Gasteiger partial charge in [-0.3, -0.25) is 14.4 Å². The van der Waals surface area contributed by atoms with Gasteiger partial charge in [-0.25, -0.2) is 0 Å². The van der Waals surface area contributed by atoms with Crippen LogP contribution in [-0.2, 0) is 9.59 Å². The van der Waals surface area contributed by atoms with E-state index in [0.717, 1.165) is 21.7 Å². The molecule has 0 bridgehead atoms. The molecular weight excluding hydrogens is 614 g/mol. The van der Waals surface area contributed by atoms with Crippen molar-refractivity contribution in [2.24, 2.45) is 0 Å². The van der Waals surface area contributed by atoms with Gasteiger partial charge in [-0.2, -0.15) is 0 Å². The van der Waals surface area contributed by atoms with Crippen LogP contribution in [0.25, 0.3) is 6.08 Å². The van der Waals surface area contributed by atoms with Crippen molar-refractivity contribution >= 4 is 46.9 Å². The summed E-state index contributed by atoms with van der Waals surface area (Å²) in [5.41, 5.74) is 4.34. The van der Waals surface area contributed by atoms with Crippen molar-refractivity contribution in [3.8, 4) is 17.2 Å².